The first-order chi connectivity index (χ1) is 13.3. The first-order valence-corrected chi connectivity index (χ1v) is 12.8. The lowest BCUT2D eigenvalue weighted by atomic mass is 9.74. The summed E-state index contributed by atoms with van der Waals surface area (Å²) in [7, 11) is -3.21. The van der Waals surface area contributed by atoms with Crippen LogP contribution in [0.2, 0.25) is 0 Å². The van der Waals surface area contributed by atoms with Crippen LogP contribution in [0.1, 0.15) is 63.5 Å². The van der Waals surface area contributed by atoms with Crippen LogP contribution in [0.25, 0.3) is 0 Å². The highest BCUT2D eigenvalue weighted by atomic mass is 32.2. The predicted octanol–water partition coefficient (Wildman–Crippen LogP) is 5.35. The molecule has 0 aliphatic rings. The molecule has 1 N–H and O–H groups in total. The maximum Gasteiger partial charge on any atom is 0.184 e. The van der Waals surface area contributed by atoms with Crippen LogP contribution in [0.3, 0.4) is 0 Å². The van der Waals surface area contributed by atoms with E-state index in [2.05, 4.69) is 26.0 Å². The molecule has 1 aromatic carbocycles. The van der Waals surface area contributed by atoms with Crippen molar-refractivity contribution in [3.8, 4) is 5.75 Å². The molecule has 1 unspecified atom stereocenters. The van der Waals surface area contributed by atoms with E-state index < -0.39 is 15.9 Å². The minimum atomic E-state index is -3.21. The summed E-state index contributed by atoms with van der Waals surface area (Å²) in [5.41, 5.74) is 1.70. The standard InChI is InChI=1S/C23H34O4S2/c1-8-23(9-2,20-12-13-21(28-20)29(7,25)26)17-10-11-18(16(3)14-17)27-15-19(24)22(4,5)6/h10-14,19,24H,8-9,15H2,1-7H3. The molecule has 0 saturated carbocycles. The number of rotatable bonds is 8. The van der Waals surface area contributed by atoms with Crippen molar-refractivity contribution in [2.45, 2.75) is 70.1 Å². The molecule has 2 rings (SSSR count). The van der Waals surface area contributed by atoms with E-state index in [1.54, 1.807) is 6.07 Å². The lowest BCUT2D eigenvalue weighted by Gasteiger charge is -2.32. The number of ether oxygens (including phenoxy) is 1. The van der Waals surface area contributed by atoms with Gasteiger partial charge in [-0.2, -0.15) is 0 Å². The molecule has 29 heavy (non-hydrogen) atoms. The summed E-state index contributed by atoms with van der Waals surface area (Å²) in [6, 6.07) is 9.83. The number of benzene rings is 1. The zero-order valence-electron chi connectivity index (χ0n) is 18.6. The summed E-state index contributed by atoms with van der Waals surface area (Å²) in [6.45, 7) is 12.5. The van der Waals surface area contributed by atoms with Crippen molar-refractivity contribution < 1.29 is 18.3 Å². The third-order valence-corrected chi connectivity index (χ3v) is 8.86. The summed E-state index contributed by atoms with van der Waals surface area (Å²) in [5.74, 6) is 0.765. The second-order valence-electron chi connectivity index (χ2n) is 8.85. The first-order valence-electron chi connectivity index (χ1n) is 10.1. The van der Waals surface area contributed by atoms with Gasteiger partial charge in [0.1, 0.15) is 16.6 Å². The summed E-state index contributed by atoms with van der Waals surface area (Å²) < 4.78 is 30.2. The topological polar surface area (TPSA) is 63.6 Å². The smallest absolute Gasteiger partial charge is 0.184 e. The molecule has 162 valence electrons. The molecule has 6 heteroatoms. The van der Waals surface area contributed by atoms with Crippen molar-refractivity contribution in [1.82, 2.24) is 0 Å². The molecule has 0 aliphatic carbocycles. The Hall–Kier alpha value is -1.37. The number of hydrogen-bond acceptors (Lipinski definition) is 5. The van der Waals surface area contributed by atoms with Crippen LogP contribution in [0.5, 0.6) is 5.75 Å². The van der Waals surface area contributed by atoms with Gasteiger partial charge < -0.3 is 9.84 Å². The highest BCUT2D eigenvalue weighted by Gasteiger charge is 2.33. The summed E-state index contributed by atoms with van der Waals surface area (Å²) in [5, 5.41) is 10.2. The number of aliphatic hydroxyl groups excluding tert-OH is 1. The van der Waals surface area contributed by atoms with Crippen LogP contribution in [-0.4, -0.2) is 32.5 Å². The first kappa shape index (κ1) is 23.9. The van der Waals surface area contributed by atoms with Gasteiger partial charge >= 0.3 is 0 Å². The number of thiophene rings is 1. The van der Waals surface area contributed by atoms with Crippen molar-refractivity contribution in [2.24, 2.45) is 5.41 Å². The Labute approximate surface area is 179 Å². The molecule has 0 radical (unpaired) electrons. The highest BCUT2D eigenvalue weighted by molar-refractivity contribution is 7.92. The number of aliphatic hydroxyl groups is 1. The molecule has 0 fully saturated rings. The van der Waals surface area contributed by atoms with Crippen LogP contribution in [0.4, 0.5) is 0 Å². The van der Waals surface area contributed by atoms with Crippen molar-refractivity contribution in [2.75, 3.05) is 12.9 Å². The average Bonchev–Trinajstić information content (AvgIpc) is 3.12. The van der Waals surface area contributed by atoms with Crippen molar-refractivity contribution >= 4 is 21.2 Å². The Kier molecular flexibility index (Phi) is 7.24. The molecule has 0 amide bonds. The van der Waals surface area contributed by atoms with E-state index in [1.165, 1.54) is 17.6 Å². The van der Waals surface area contributed by atoms with E-state index >= 15 is 0 Å². The van der Waals surface area contributed by atoms with Crippen molar-refractivity contribution in [3.63, 3.8) is 0 Å². The molecule has 4 nitrogen and oxygen atoms in total. The number of hydrogen-bond donors (Lipinski definition) is 1. The Morgan fingerprint density at radius 2 is 1.72 bits per heavy atom. The Morgan fingerprint density at radius 1 is 1.10 bits per heavy atom. The zero-order chi connectivity index (χ0) is 22.0. The van der Waals surface area contributed by atoms with Gasteiger partial charge in [-0.25, -0.2) is 8.42 Å². The number of sulfone groups is 1. The van der Waals surface area contributed by atoms with Crippen LogP contribution in [0, 0.1) is 12.3 Å². The van der Waals surface area contributed by atoms with E-state index in [-0.39, 0.29) is 17.4 Å². The third-order valence-electron chi connectivity index (χ3n) is 5.75. The molecule has 0 saturated heterocycles. The summed E-state index contributed by atoms with van der Waals surface area (Å²) in [6.07, 6.45) is 2.45. The molecule has 1 heterocycles. The molecule has 1 aromatic heterocycles. The van der Waals surface area contributed by atoms with E-state index in [0.29, 0.717) is 4.21 Å². The van der Waals surface area contributed by atoms with Gasteiger partial charge in [0.05, 0.1) is 6.10 Å². The zero-order valence-corrected chi connectivity index (χ0v) is 20.2. The lowest BCUT2D eigenvalue weighted by molar-refractivity contribution is 0.0216. The molecule has 2 aromatic rings. The normalized spacial score (nSPS) is 14.1. The largest absolute Gasteiger partial charge is 0.491 e. The van der Waals surface area contributed by atoms with Gasteiger partial charge in [-0.05, 0) is 54.5 Å². The molecular formula is C23H34O4S2. The van der Waals surface area contributed by atoms with Gasteiger partial charge in [0, 0.05) is 16.5 Å². The highest BCUT2D eigenvalue weighted by Crippen LogP contribution is 2.44. The lowest BCUT2D eigenvalue weighted by Crippen LogP contribution is -2.32. The fourth-order valence-corrected chi connectivity index (χ4v) is 5.73. The number of aryl methyl sites for hydroxylation is 1. The summed E-state index contributed by atoms with van der Waals surface area (Å²) >= 11 is 1.37. The van der Waals surface area contributed by atoms with Gasteiger partial charge in [-0.15, -0.1) is 11.3 Å². The van der Waals surface area contributed by atoms with Crippen LogP contribution < -0.4 is 4.74 Å². The third kappa shape index (κ3) is 5.22. The minimum absolute atomic E-state index is 0.232. The second-order valence-corrected chi connectivity index (χ2v) is 12.2. The molecule has 0 aliphatic heterocycles. The van der Waals surface area contributed by atoms with E-state index in [0.717, 1.165) is 34.6 Å². The monoisotopic (exact) mass is 438 g/mol. The quantitative estimate of drug-likeness (QED) is 0.603. The molecular weight excluding hydrogens is 404 g/mol. The fraction of sp³-hybridized carbons (Fsp3) is 0.565. The van der Waals surface area contributed by atoms with Gasteiger partial charge in [0.25, 0.3) is 0 Å². The van der Waals surface area contributed by atoms with Crippen LogP contribution in [-0.2, 0) is 15.3 Å². The molecule has 0 bridgehead atoms. The Balaban J connectivity index is 2.37. The van der Waals surface area contributed by atoms with Gasteiger partial charge in [-0.1, -0.05) is 46.8 Å². The molecule has 0 spiro atoms. The predicted molar refractivity (Wildman–Crippen MR) is 121 cm³/mol. The van der Waals surface area contributed by atoms with Crippen molar-refractivity contribution in [3.05, 3.63) is 46.3 Å². The summed E-state index contributed by atoms with van der Waals surface area (Å²) in [4.78, 5) is 1.07. The fourth-order valence-electron chi connectivity index (χ4n) is 3.45. The van der Waals surface area contributed by atoms with Crippen LogP contribution in [0.15, 0.2) is 34.5 Å². The maximum atomic E-state index is 12.0. The SMILES string of the molecule is CCC(CC)(c1ccc(OCC(O)C(C)(C)C)c(C)c1)c1ccc(S(C)(=O)=O)s1. The van der Waals surface area contributed by atoms with E-state index in [4.69, 9.17) is 4.74 Å². The minimum Gasteiger partial charge on any atom is -0.491 e. The van der Waals surface area contributed by atoms with Crippen LogP contribution >= 0.6 is 11.3 Å². The van der Waals surface area contributed by atoms with Gasteiger partial charge in [0.2, 0.25) is 0 Å². The molecule has 1 atom stereocenters. The Bertz CT molecular complexity index is 932. The van der Waals surface area contributed by atoms with Crippen molar-refractivity contribution in [1.29, 1.82) is 0 Å². The van der Waals surface area contributed by atoms with Gasteiger partial charge in [-0.3, -0.25) is 0 Å². The van der Waals surface area contributed by atoms with E-state index in [9.17, 15) is 13.5 Å². The van der Waals surface area contributed by atoms with E-state index in [1.807, 2.05) is 39.8 Å². The maximum absolute atomic E-state index is 12.0. The van der Waals surface area contributed by atoms with Gasteiger partial charge in [0.15, 0.2) is 9.84 Å². The average molecular weight is 439 g/mol. The Morgan fingerprint density at radius 3 is 2.17 bits per heavy atom. The second kappa shape index (κ2) is 8.78.